The molecule has 168 valence electrons. The molecule has 1 aromatic rings. The summed E-state index contributed by atoms with van der Waals surface area (Å²) in [5.74, 6) is 0. The van der Waals surface area contributed by atoms with E-state index in [1.54, 1.807) is 0 Å². The highest BCUT2D eigenvalue weighted by Gasteiger charge is 2.23. The topological polar surface area (TPSA) is 88.2 Å². The largest absolute Gasteiger partial charge is 0.402 e. The molecule has 0 spiro atoms. The molecule has 0 fully saturated rings. The summed E-state index contributed by atoms with van der Waals surface area (Å²) in [6.45, 7) is 12.6. The number of aryl methyl sites for hydroxylation is 1. The number of unbranched alkanes of at least 4 members (excludes halogenated alkanes) is 1. The molecule has 1 aliphatic rings. The van der Waals surface area contributed by atoms with Crippen molar-refractivity contribution in [2.24, 2.45) is 10.7 Å². The Balaban J connectivity index is 2.82. The van der Waals surface area contributed by atoms with Crippen LogP contribution in [-0.4, -0.2) is 18.0 Å². The molecule has 0 radical (unpaired) electrons. The molecule has 0 heterocycles. The molecule has 0 atom stereocenters. The van der Waals surface area contributed by atoms with Crippen molar-refractivity contribution in [3.05, 3.63) is 57.3 Å². The third-order valence-electron chi connectivity index (χ3n) is 5.66. The Morgan fingerprint density at radius 1 is 1.19 bits per heavy atom. The minimum absolute atomic E-state index is 0.168. The zero-order valence-electron chi connectivity index (χ0n) is 20.2. The number of benzene rings is 1. The van der Waals surface area contributed by atoms with Gasteiger partial charge in [-0.15, -0.1) is 0 Å². The van der Waals surface area contributed by atoms with E-state index in [4.69, 9.17) is 21.9 Å². The Kier molecular flexibility index (Phi) is 8.43. The molecule has 0 saturated heterocycles. The van der Waals surface area contributed by atoms with E-state index in [1.807, 2.05) is 19.2 Å². The summed E-state index contributed by atoms with van der Waals surface area (Å²) >= 11 is 0. The summed E-state index contributed by atoms with van der Waals surface area (Å²) < 4.78 is 0. The van der Waals surface area contributed by atoms with Crippen molar-refractivity contribution in [3.8, 4) is 0 Å². The van der Waals surface area contributed by atoms with Crippen LogP contribution in [0.5, 0.6) is 0 Å². The van der Waals surface area contributed by atoms with Crippen molar-refractivity contribution in [2.45, 2.75) is 85.6 Å². The summed E-state index contributed by atoms with van der Waals surface area (Å²) in [4.78, 5) is 4.78. The fourth-order valence-corrected chi connectivity index (χ4v) is 4.11. The normalized spacial score (nSPS) is 16.6. The van der Waals surface area contributed by atoms with Crippen LogP contribution in [0.3, 0.4) is 0 Å². The highest BCUT2D eigenvalue weighted by molar-refractivity contribution is 5.97. The van der Waals surface area contributed by atoms with E-state index in [0.29, 0.717) is 5.69 Å². The number of hydrogen-bond acceptors (Lipinski definition) is 4. The van der Waals surface area contributed by atoms with E-state index < -0.39 is 0 Å². The predicted molar refractivity (Wildman–Crippen MR) is 137 cm³/mol. The fourth-order valence-electron chi connectivity index (χ4n) is 4.11. The molecule has 0 bridgehead atoms. The molecule has 0 aliphatic heterocycles. The van der Waals surface area contributed by atoms with E-state index in [9.17, 15) is 0 Å². The Morgan fingerprint density at radius 2 is 1.87 bits per heavy atom. The number of nitrogens with zero attached hydrogens (tertiary/aromatic N) is 1. The molecule has 5 N–H and O–H groups in total. The Labute approximate surface area is 188 Å². The monoisotopic (exact) mass is 420 g/mol. The standard InChI is InChI=1S/C27H40N4/c1-7-8-11-21(24(19(3)29)17-31-27(4,5)6)20-12-9-10-13-22(20)26-18(2)14-15-25(30)23(26)16-28/h11,14-17,28H,7-10,12-13,29-30H2,1-6H3/b21-11-,24-19+,28-16?,31-17?. The predicted octanol–water partition coefficient (Wildman–Crippen LogP) is 6.73. The SMILES string of the molecule is CCC/C=C(C1=C(c2c(C)ccc(N)c2C=N)CCCC1)\C(C=NC(C)(C)C)=C(/C)N. The van der Waals surface area contributed by atoms with Crippen LogP contribution in [0.15, 0.2) is 45.6 Å². The molecule has 0 unspecified atom stereocenters. The first-order valence-electron chi connectivity index (χ1n) is 11.4. The second-order valence-electron chi connectivity index (χ2n) is 9.50. The summed E-state index contributed by atoms with van der Waals surface area (Å²) in [6, 6.07) is 3.97. The van der Waals surface area contributed by atoms with Gasteiger partial charge in [0.1, 0.15) is 0 Å². The lowest BCUT2D eigenvalue weighted by atomic mass is 9.78. The molecule has 1 aliphatic carbocycles. The van der Waals surface area contributed by atoms with Gasteiger partial charge in [0, 0.05) is 35.0 Å². The van der Waals surface area contributed by atoms with Gasteiger partial charge in [-0.25, -0.2) is 0 Å². The average molecular weight is 421 g/mol. The number of hydrogen-bond donors (Lipinski definition) is 3. The minimum Gasteiger partial charge on any atom is -0.402 e. The van der Waals surface area contributed by atoms with Gasteiger partial charge in [-0.2, -0.15) is 0 Å². The summed E-state index contributed by atoms with van der Waals surface area (Å²) in [7, 11) is 0. The lowest BCUT2D eigenvalue weighted by molar-refractivity contribution is 0.586. The number of rotatable bonds is 7. The number of allylic oxidation sites excluding steroid dienone is 6. The van der Waals surface area contributed by atoms with E-state index in [2.05, 4.69) is 46.8 Å². The maximum absolute atomic E-state index is 8.02. The van der Waals surface area contributed by atoms with Gasteiger partial charge < -0.3 is 16.9 Å². The van der Waals surface area contributed by atoms with Crippen LogP contribution in [0.25, 0.3) is 5.57 Å². The Bertz CT molecular complexity index is 933. The molecule has 31 heavy (non-hydrogen) atoms. The van der Waals surface area contributed by atoms with Gasteiger partial charge in [-0.1, -0.05) is 25.5 Å². The first kappa shape index (κ1) is 24.6. The quantitative estimate of drug-likeness (QED) is 0.259. The molecular formula is C27H40N4. The summed E-state index contributed by atoms with van der Waals surface area (Å²) in [5, 5.41) is 8.02. The first-order chi connectivity index (χ1) is 14.6. The third kappa shape index (κ3) is 6.19. The second-order valence-corrected chi connectivity index (χ2v) is 9.50. The van der Waals surface area contributed by atoms with Crippen LogP contribution in [0.2, 0.25) is 0 Å². The van der Waals surface area contributed by atoms with Gasteiger partial charge in [0.25, 0.3) is 0 Å². The van der Waals surface area contributed by atoms with Crippen molar-refractivity contribution in [1.29, 1.82) is 5.41 Å². The van der Waals surface area contributed by atoms with E-state index in [1.165, 1.54) is 22.9 Å². The van der Waals surface area contributed by atoms with Gasteiger partial charge in [0.2, 0.25) is 0 Å². The van der Waals surface area contributed by atoms with E-state index in [-0.39, 0.29) is 5.54 Å². The zero-order valence-corrected chi connectivity index (χ0v) is 20.2. The van der Waals surface area contributed by atoms with Crippen molar-refractivity contribution in [2.75, 3.05) is 5.73 Å². The van der Waals surface area contributed by atoms with Gasteiger partial charge in [0.15, 0.2) is 0 Å². The van der Waals surface area contributed by atoms with Crippen LogP contribution in [0.1, 0.15) is 89.8 Å². The summed E-state index contributed by atoms with van der Waals surface area (Å²) in [6.07, 6.45) is 12.0. The van der Waals surface area contributed by atoms with Crippen molar-refractivity contribution < 1.29 is 0 Å². The van der Waals surface area contributed by atoms with Crippen LogP contribution >= 0.6 is 0 Å². The molecule has 4 nitrogen and oxygen atoms in total. The van der Waals surface area contributed by atoms with Gasteiger partial charge >= 0.3 is 0 Å². The first-order valence-corrected chi connectivity index (χ1v) is 11.4. The minimum atomic E-state index is -0.168. The van der Waals surface area contributed by atoms with Crippen LogP contribution in [-0.2, 0) is 0 Å². The Hall–Kier alpha value is -2.62. The lowest BCUT2D eigenvalue weighted by Gasteiger charge is -2.27. The second kappa shape index (κ2) is 10.6. The van der Waals surface area contributed by atoms with Crippen LogP contribution in [0.4, 0.5) is 5.69 Å². The molecular weight excluding hydrogens is 380 g/mol. The number of aliphatic imine (C=N–C) groups is 1. The highest BCUT2D eigenvalue weighted by Crippen LogP contribution is 2.41. The maximum atomic E-state index is 8.02. The van der Waals surface area contributed by atoms with Crippen molar-refractivity contribution in [1.82, 2.24) is 0 Å². The molecule has 0 amide bonds. The number of nitrogen functional groups attached to an aromatic ring is 1. The number of nitrogens with two attached hydrogens (primary N) is 2. The third-order valence-corrected chi connectivity index (χ3v) is 5.66. The van der Waals surface area contributed by atoms with Crippen molar-refractivity contribution >= 4 is 23.7 Å². The number of nitrogens with one attached hydrogen (secondary N) is 1. The maximum Gasteiger partial charge on any atom is 0.0524 e. The van der Waals surface area contributed by atoms with Gasteiger partial charge in [0.05, 0.1) is 5.54 Å². The van der Waals surface area contributed by atoms with E-state index in [0.717, 1.165) is 66.5 Å². The molecule has 4 heteroatoms. The fraction of sp³-hybridized carbons (Fsp3) is 0.481. The average Bonchev–Trinajstić information content (AvgIpc) is 2.71. The van der Waals surface area contributed by atoms with Gasteiger partial charge in [-0.05, 0) is 101 Å². The van der Waals surface area contributed by atoms with Gasteiger partial charge in [-0.3, -0.25) is 4.99 Å². The highest BCUT2D eigenvalue weighted by atomic mass is 14.8. The zero-order chi connectivity index (χ0) is 23.2. The van der Waals surface area contributed by atoms with Crippen LogP contribution < -0.4 is 11.5 Å². The molecule has 1 aromatic carbocycles. The van der Waals surface area contributed by atoms with Crippen molar-refractivity contribution in [3.63, 3.8) is 0 Å². The smallest absolute Gasteiger partial charge is 0.0524 e. The van der Waals surface area contributed by atoms with E-state index >= 15 is 0 Å². The summed E-state index contributed by atoms with van der Waals surface area (Å²) in [5.41, 5.74) is 21.9. The number of anilines is 1. The lowest BCUT2D eigenvalue weighted by Crippen LogP contribution is -2.14. The Morgan fingerprint density at radius 3 is 2.45 bits per heavy atom. The molecule has 0 aromatic heterocycles. The van der Waals surface area contributed by atoms with Crippen LogP contribution in [0, 0.1) is 12.3 Å². The molecule has 0 saturated carbocycles. The molecule has 2 rings (SSSR count).